The quantitative estimate of drug-likeness (QED) is 0.900. The molecule has 21 heavy (non-hydrogen) atoms. The summed E-state index contributed by atoms with van der Waals surface area (Å²) in [6.07, 6.45) is 5.07. The lowest BCUT2D eigenvalue weighted by molar-refractivity contribution is 0.222. The van der Waals surface area contributed by atoms with Crippen molar-refractivity contribution < 1.29 is 0 Å². The van der Waals surface area contributed by atoms with E-state index in [1.54, 1.807) is 0 Å². The van der Waals surface area contributed by atoms with Gasteiger partial charge in [-0.1, -0.05) is 0 Å². The highest BCUT2D eigenvalue weighted by Crippen LogP contribution is 2.39. The predicted octanol–water partition coefficient (Wildman–Crippen LogP) is 2.17. The fourth-order valence-electron chi connectivity index (χ4n) is 3.03. The van der Waals surface area contributed by atoms with Gasteiger partial charge in [0.15, 0.2) is 0 Å². The molecule has 3 rings (SSSR count). The Morgan fingerprint density at radius 2 is 1.95 bits per heavy atom. The summed E-state index contributed by atoms with van der Waals surface area (Å²) in [5.41, 5.74) is 0. The Bertz CT molecular complexity index is 478. The molecule has 1 aromatic heterocycles. The van der Waals surface area contributed by atoms with Crippen LogP contribution >= 0.6 is 0 Å². The monoisotopic (exact) mass is 289 g/mol. The maximum Gasteiger partial charge on any atom is 0.136 e. The van der Waals surface area contributed by atoms with Crippen LogP contribution in [0.1, 0.15) is 37.4 Å². The van der Waals surface area contributed by atoms with Gasteiger partial charge < -0.3 is 15.1 Å². The lowest BCUT2D eigenvalue weighted by Gasteiger charge is -2.32. The summed E-state index contributed by atoms with van der Waals surface area (Å²) in [6.45, 7) is 3.53. The number of hydrogen-bond donors (Lipinski definition) is 1. The van der Waals surface area contributed by atoms with Crippen LogP contribution in [0.5, 0.6) is 0 Å². The minimum absolute atomic E-state index is 0.591. The maximum absolute atomic E-state index is 4.79. The zero-order valence-corrected chi connectivity index (χ0v) is 13.5. The van der Waals surface area contributed by atoms with Crippen molar-refractivity contribution in [1.82, 2.24) is 14.9 Å². The summed E-state index contributed by atoms with van der Waals surface area (Å²) in [5.74, 6) is 4.40. The van der Waals surface area contributed by atoms with Gasteiger partial charge >= 0.3 is 0 Å². The third kappa shape index (κ3) is 3.64. The van der Waals surface area contributed by atoms with Gasteiger partial charge in [0.25, 0.3) is 0 Å². The average Bonchev–Trinajstić information content (AvgIpc) is 3.34. The van der Waals surface area contributed by atoms with Crippen molar-refractivity contribution in [2.24, 2.45) is 5.92 Å². The van der Waals surface area contributed by atoms with Crippen molar-refractivity contribution in [3.63, 3.8) is 0 Å². The van der Waals surface area contributed by atoms with Gasteiger partial charge in [-0.2, -0.15) is 0 Å². The molecule has 1 aromatic rings. The summed E-state index contributed by atoms with van der Waals surface area (Å²) >= 11 is 0. The van der Waals surface area contributed by atoms with E-state index < -0.39 is 0 Å². The van der Waals surface area contributed by atoms with E-state index in [0.29, 0.717) is 5.92 Å². The first-order chi connectivity index (χ1) is 10.2. The molecular formula is C16H27N5. The molecule has 5 nitrogen and oxygen atoms in total. The Kier molecular flexibility index (Phi) is 4.29. The molecule has 0 bridgehead atoms. The van der Waals surface area contributed by atoms with Gasteiger partial charge in [0.2, 0.25) is 0 Å². The van der Waals surface area contributed by atoms with Gasteiger partial charge in [0, 0.05) is 32.6 Å². The first-order valence-electron chi connectivity index (χ1n) is 8.12. The van der Waals surface area contributed by atoms with Crippen molar-refractivity contribution in [1.29, 1.82) is 0 Å². The molecule has 1 saturated heterocycles. The molecule has 2 aliphatic rings. The highest BCUT2D eigenvalue weighted by molar-refractivity contribution is 5.49. The summed E-state index contributed by atoms with van der Waals surface area (Å²) in [4.78, 5) is 14.1. The van der Waals surface area contributed by atoms with Crippen LogP contribution in [0.3, 0.4) is 0 Å². The van der Waals surface area contributed by atoms with E-state index in [1.807, 2.05) is 7.05 Å². The van der Waals surface area contributed by atoms with E-state index in [1.165, 1.54) is 38.8 Å². The predicted molar refractivity (Wildman–Crippen MR) is 87.0 cm³/mol. The lowest BCUT2D eigenvalue weighted by atomic mass is 9.97. The van der Waals surface area contributed by atoms with Crippen molar-refractivity contribution in [2.45, 2.75) is 31.6 Å². The van der Waals surface area contributed by atoms with Crippen molar-refractivity contribution >= 4 is 11.6 Å². The second kappa shape index (κ2) is 6.18. The zero-order chi connectivity index (χ0) is 14.8. The lowest BCUT2D eigenvalue weighted by Crippen LogP contribution is -2.36. The van der Waals surface area contributed by atoms with Crippen LogP contribution in [-0.4, -0.2) is 55.6 Å². The Morgan fingerprint density at radius 1 is 1.24 bits per heavy atom. The van der Waals surface area contributed by atoms with Gasteiger partial charge in [-0.05, 0) is 51.7 Å². The second-order valence-corrected chi connectivity index (χ2v) is 6.62. The van der Waals surface area contributed by atoms with Crippen LogP contribution < -0.4 is 10.2 Å². The minimum atomic E-state index is 0.591. The third-order valence-electron chi connectivity index (χ3n) is 4.69. The minimum Gasteiger partial charge on any atom is -0.373 e. The molecule has 1 aliphatic heterocycles. The number of aromatic nitrogens is 2. The van der Waals surface area contributed by atoms with E-state index in [2.05, 4.69) is 40.3 Å². The zero-order valence-electron chi connectivity index (χ0n) is 13.5. The van der Waals surface area contributed by atoms with E-state index >= 15 is 0 Å². The highest BCUT2D eigenvalue weighted by Gasteiger charge is 2.28. The molecule has 0 aromatic carbocycles. The molecule has 0 spiro atoms. The molecule has 1 aliphatic carbocycles. The summed E-state index contributed by atoms with van der Waals surface area (Å²) in [5, 5.41) is 3.17. The van der Waals surface area contributed by atoms with Crippen LogP contribution in [0, 0.1) is 5.92 Å². The van der Waals surface area contributed by atoms with Gasteiger partial charge in [-0.15, -0.1) is 0 Å². The highest BCUT2D eigenvalue weighted by atomic mass is 15.2. The third-order valence-corrected chi connectivity index (χ3v) is 4.69. The molecule has 2 fully saturated rings. The molecule has 1 N–H and O–H groups in total. The van der Waals surface area contributed by atoms with Gasteiger partial charge in [0.05, 0.1) is 0 Å². The Hall–Kier alpha value is -1.36. The molecule has 1 saturated carbocycles. The summed E-state index contributed by atoms with van der Waals surface area (Å²) < 4.78 is 0. The van der Waals surface area contributed by atoms with E-state index in [-0.39, 0.29) is 0 Å². The maximum atomic E-state index is 4.79. The second-order valence-electron chi connectivity index (χ2n) is 6.62. The van der Waals surface area contributed by atoms with Crippen LogP contribution in [-0.2, 0) is 0 Å². The van der Waals surface area contributed by atoms with Crippen molar-refractivity contribution in [2.75, 3.05) is 51.0 Å². The Labute approximate surface area is 127 Å². The fourth-order valence-corrected chi connectivity index (χ4v) is 3.03. The van der Waals surface area contributed by atoms with Crippen LogP contribution in [0.2, 0.25) is 0 Å². The number of hydrogen-bond acceptors (Lipinski definition) is 5. The number of rotatable bonds is 5. The standard InChI is InChI=1S/C16H27N5/c1-17-14-10-15(19-16(18-14)13-4-5-13)21(3)11-12-6-8-20(2)9-7-12/h10,12-13H,4-9,11H2,1-3H3,(H,17,18,19). The number of nitrogens with zero attached hydrogens (tertiary/aromatic N) is 4. The van der Waals surface area contributed by atoms with Crippen molar-refractivity contribution in [3.8, 4) is 0 Å². The molecule has 0 unspecified atom stereocenters. The molecule has 0 amide bonds. The molecule has 0 radical (unpaired) electrons. The average molecular weight is 289 g/mol. The molecule has 116 valence electrons. The normalized spacial score (nSPS) is 20.5. The SMILES string of the molecule is CNc1cc(N(C)CC2CCN(C)CC2)nc(C2CC2)n1. The molecule has 2 heterocycles. The smallest absolute Gasteiger partial charge is 0.136 e. The van der Waals surface area contributed by atoms with Crippen molar-refractivity contribution in [3.05, 3.63) is 11.9 Å². The van der Waals surface area contributed by atoms with Crippen LogP contribution in [0.4, 0.5) is 11.6 Å². The molecule has 5 heteroatoms. The first kappa shape index (κ1) is 14.6. The Balaban J connectivity index is 1.68. The largest absolute Gasteiger partial charge is 0.373 e. The van der Waals surface area contributed by atoms with E-state index in [4.69, 9.17) is 4.98 Å². The van der Waals surface area contributed by atoms with Gasteiger partial charge in [0.1, 0.15) is 17.5 Å². The number of nitrogens with one attached hydrogen (secondary N) is 1. The van der Waals surface area contributed by atoms with Crippen LogP contribution in [0.15, 0.2) is 6.07 Å². The van der Waals surface area contributed by atoms with E-state index in [9.17, 15) is 0 Å². The summed E-state index contributed by atoms with van der Waals surface area (Å²) in [6, 6.07) is 2.07. The Morgan fingerprint density at radius 3 is 2.57 bits per heavy atom. The van der Waals surface area contributed by atoms with Crippen LogP contribution in [0.25, 0.3) is 0 Å². The van der Waals surface area contributed by atoms with E-state index in [0.717, 1.165) is 29.9 Å². The van der Waals surface area contributed by atoms with Gasteiger partial charge in [-0.3, -0.25) is 0 Å². The molecular weight excluding hydrogens is 262 g/mol. The topological polar surface area (TPSA) is 44.3 Å². The number of piperidine rings is 1. The number of likely N-dealkylation sites (tertiary alicyclic amines) is 1. The fraction of sp³-hybridized carbons (Fsp3) is 0.750. The molecule has 0 atom stereocenters. The van der Waals surface area contributed by atoms with Gasteiger partial charge in [-0.25, -0.2) is 9.97 Å². The number of anilines is 2. The summed E-state index contributed by atoms with van der Waals surface area (Å²) in [7, 11) is 6.31. The first-order valence-corrected chi connectivity index (χ1v) is 8.12.